The molecule has 5 heteroatoms. The van der Waals surface area contributed by atoms with Crippen molar-refractivity contribution < 1.29 is 4.79 Å². The standard InChI is InChI=1S/C17H20N4O/c1-21-9-5-8-15(21)12-20-17(22)14-10-18-16(19-11-14)13-6-3-2-4-7-13/h2-4,6-7,10-11,15H,5,8-9,12H2,1H3,(H,20,22). The molecule has 0 aliphatic carbocycles. The van der Waals surface area contributed by atoms with Crippen molar-refractivity contribution in [3.05, 3.63) is 48.3 Å². The van der Waals surface area contributed by atoms with Gasteiger partial charge in [-0.05, 0) is 26.4 Å². The zero-order valence-electron chi connectivity index (χ0n) is 12.7. The van der Waals surface area contributed by atoms with Crippen LogP contribution in [0, 0.1) is 0 Å². The lowest BCUT2D eigenvalue weighted by Gasteiger charge is -2.19. The van der Waals surface area contributed by atoms with E-state index in [4.69, 9.17) is 0 Å². The maximum absolute atomic E-state index is 12.1. The van der Waals surface area contributed by atoms with Crippen molar-refractivity contribution in [3.8, 4) is 11.4 Å². The molecule has 22 heavy (non-hydrogen) atoms. The molecule has 114 valence electrons. The highest BCUT2D eigenvalue weighted by molar-refractivity contribution is 5.93. The summed E-state index contributed by atoms with van der Waals surface area (Å²) in [6.45, 7) is 1.78. The SMILES string of the molecule is CN1CCCC1CNC(=O)c1cnc(-c2ccccc2)nc1. The summed E-state index contributed by atoms with van der Waals surface area (Å²) in [5.74, 6) is 0.521. The van der Waals surface area contributed by atoms with Gasteiger partial charge < -0.3 is 10.2 Å². The Hall–Kier alpha value is -2.27. The number of carbonyl (C=O) groups excluding carboxylic acids is 1. The fraction of sp³-hybridized carbons (Fsp3) is 0.353. The Kier molecular flexibility index (Phi) is 4.44. The molecule has 1 unspecified atom stereocenters. The van der Waals surface area contributed by atoms with Crippen molar-refractivity contribution >= 4 is 5.91 Å². The second-order valence-corrected chi connectivity index (χ2v) is 5.65. The van der Waals surface area contributed by atoms with E-state index in [2.05, 4.69) is 27.2 Å². The van der Waals surface area contributed by atoms with Crippen LogP contribution in [0.2, 0.25) is 0 Å². The van der Waals surface area contributed by atoms with Gasteiger partial charge in [0.2, 0.25) is 0 Å². The molecule has 5 nitrogen and oxygen atoms in total. The van der Waals surface area contributed by atoms with E-state index < -0.39 is 0 Å². The maximum atomic E-state index is 12.1. The fourth-order valence-electron chi connectivity index (χ4n) is 2.73. The van der Waals surface area contributed by atoms with Crippen LogP contribution in [0.25, 0.3) is 11.4 Å². The molecule has 3 rings (SSSR count). The number of amides is 1. The van der Waals surface area contributed by atoms with Crippen LogP contribution in [-0.2, 0) is 0 Å². The first-order valence-corrected chi connectivity index (χ1v) is 7.60. The number of likely N-dealkylation sites (N-methyl/N-ethyl adjacent to an activating group) is 1. The van der Waals surface area contributed by atoms with Crippen LogP contribution in [0.4, 0.5) is 0 Å². The van der Waals surface area contributed by atoms with E-state index >= 15 is 0 Å². The lowest BCUT2D eigenvalue weighted by atomic mass is 10.2. The summed E-state index contributed by atoms with van der Waals surface area (Å²) in [5, 5.41) is 2.97. The first-order chi connectivity index (χ1) is 10.7. The number of benzene rings is 1. The van der Waals surface area contributed by atoms with Crippen LogP contribution < -0.4 is 5.32 Å². The summed E-state index contributed by atoms with van der Waals surface area (Å²) in [7, 11) is 2.10. The zero-order valence-corrected chi connectivity index (χ0v) is 12.7. The van der Waals surface area contributed by atoms with Gasteiger partial charge in [-0.2, -0.15) is 0 Å². The Labute approximate surface area is 130 Å². The smallest absolute Gasteiger partial charge is 0.254 e. The molecule has 1 amide bonds. The van der Waals surface area contributed by atoms with Crippen molar-refractivity contribution in [1.82, 2.24) is 20.2 Å². The van der Waals surface area contributed by atoms with Crippen LogP contribution in [0.15, 0.2) is 42.7 Å². The predicted molar refractivity (Wildman–Crippen MR) is 85.5 cm³/mol. The summed E-state index contributed by atoms with van der Waals surface area (Å²) in [6, 6.07) is 10.2. The summed E-state index contributed by atoms with van der Waals surface area (Å²) < 4.78 is 0. The highest BCUT2D eigenvalue weighted by Gasteiger charge is 2.21. The first kappa shape index (κ1) is 14.7. The van der Waals surface area contributed by atoms with E-state index in [0.29, 0.717) is 24.0 Å². The van der Waals surface area contributed by atoms with Crippen molar-refractivity contribution in [1.29, 1.82) is 0 Å². The van der Waals surface area contributed by atoms with Gasteiger partial charge in [0.05, 0.1) is 5.56 Å². The Balaban J connectivity index is 1.61. The van der Waals surface area contributed by atoms with Gasteiger partial charge in [-0.1, -0.05) is 30.3 Å². The Morgan fingerprint density at radius 3 is 2.64 bits per heavy atom. The Morgan fingerprint density at radius 2 is 2.00 bits per heavy atom. The second-order valence-electron chi connectivity index (χ2n) is 5.65. The number of carbonyl (C=O) groups is 1. The normalized spacial score (nSPS) is 18.3. The number of likely N-dealkylation sites (tertiary alicyclic amines) is 1. The van der Waals surface area contributed by atoms with Crippen molar-refractivity contribution in [3.63, 3.8) is 0 Å². The van der Waals surface area contributed by atoms with Gasteiger partial charge in [0, 0.05) is 30.5 Å². The molecule has 1 N–H and O–H groups in total. The Morgan fingerprint density at radius 1 is 1.27 bits per heavy atom. The molecule has 0 bridgehead atoms. The molecular formula is C17H20N4O. The van der Waals surface area contributed by atoms with E-state index in [1.807, 2.05) is 30.3 Å². The maximum Gasteiger partial charge on any atom is 0.254 e. The quantitative estimate of drug-likeness (QED) is 0.937. The van der Waals surface area contributed by atoms with Crippen LogP contribution in [-0.4, -0.2) is 47.0 Å². The molecule has 1 aromatic heterocycles. The summed E-state index contributed by atoms with van der Waals surface area (Å²) in [5.41, 5.74) is 1.45. The molecule has 1 aliphatic rings. The largest absolute Gasteiger partial charge is 0.350 e. The number of aromatic nitrogens is 2. The van der Waals surface area contributed by atoms with Gasteiger partial charge in [0.15, 0.2) is 5.82 Å². The van der Waals surface area contributed by atoms with E-state index in [0.717, 1.165) is 18.5 Å². The molecule has 0 saturated carbocycles. The minimum absolute atomic E-state index is 0.111. The third-order valence-corrected chi connectivity index (χ3v) is 4.12. The number of rotatable bonds is 4. The minimum atomic E-state index is -0.111. The molecule has 2 heterocycles. The zero-order chi connectivity index (χ0) is 15.4. The van der Waals surface area contributed by atoms with Gasteiger partial charge in [0.1, 0.15) is 0 Å². The van der Waals surface area contributed by atoms with Crippen LogP contribution >= 0.6 is 0 Å². The number of nitrogens with one attached hydrogen (secondary N) is 1. The van der Waals surface area contributed by atoms with E-state index in [-0.39, 0.29) is 5.91 Å². The number of hydrogen-bond donors (Lipinski definition) is 1. The van der Waals surface area contributed by atoms with Gasteiger partial charge in [-0.3, -0.25) is 4.79 Å². The van der Waals surface area contributed by atoms with E-state index in [1.54, 1.807) is 12.4 Å². The molecule has 1 atom stereocenters. The number of hydrogen-bond acceptors (Lipinski definition) is 4. The minimum Gasteiger partial charge on any atom is -0.350 e. The van der Waals surface area contributed by atoms with Crippen LogP contribution in [0.5, 0.6) is 0 Å². The molecule has 0 spiro atoms. The molecule has 0 radical (unpaired) electrons. The van der Waals surface area contributed by atoms with Gasteiger partial charge in [-0.15, -0.1) is 0 Å². The molecular weight excluding hydrogens is 276 g/mol. The van der Waals surface area contributed by atoms with E-state index in [1.165, 1.54) is 6.42 Å². The third kappa shape index (κ3) is 3.31. The number of nitrogens with zero attached hydrogens (tertiary/aromatic N) is 3. The van der Waals surface area contributed by atoms with Gasteiger partial charge >= 0.3 is 0 Å². The second kappa shape index (κ2) is 6.66. The first-order valence-electron chi connectivity index (χ1n) is 7.60. The fourth-order valence-corrected chi connectivity index (χ4v) is 2.73. The predicted octanol–water partition coefficient (Wildman–Crippen LogP) is 1.97. The molecule has 1 fully saturated rings. The average Bonchev–Trinajstić information content (AvgIpc) is 2.99. The van der Waals surface area contributed by atoms with Gasteiger partial charge in [-0.25, -0.2) is 9.97 Å². The Bertz CT molecular complexity index is 627. The van der Waals surface area contributed by atoms with Gasteiger partial charge in [0.25, 0.3) is 5.91 Å². The molecule has 2 aromatic rings. The lowest BCUT2D eigenvalue weighted by Crippen LogP contribution is -2.38. The van der Waals surface area contributed by atoms with E-state index in [9.17, 15) is 4.79 Å². The topological polar surface area (TPSA) is 58.1 Å². The van der Waals surface area contributed by atoms with Crippen LogP contribution in [0.3, 0.4) is 0 Å². The molecule has 1 aromatic carbocycles. The lowest BCUT2D eigenvalue weighted by molar-refractivity contribution is 0.0943. The van der Waals surface area contributed by atoms with Crippen molar-refractivity contribution in [2.24, 2.45) is 0 Å². The summed E-state index contributed by atoms with van der Waals surface area (Å²) in [6.07, 6.45) is 5.51. The summed E-state index contributed by atoms with van der Waals surface area (Å²) in [4.78, 5) is 23.0. The molecule has 1 saturated heterocycles. The van der Waals surface area contributed by atoms with Crippen molar-refractivity contribution in [2.45, 2.75) is 18.9 Å². The highest BCUT2D eigenvalue weighted by Crippen LogP contribution is 2.14. The van der Waals surface area contributed by atoms with Crippen molar-refractivity contribution in [2.75, 3.05) is 20.1 Å². The third-order valence-electron chi connectivity index (χ3n) is 4.12. The monoisotopic (exact) mass is 296 g/mol. The highest BCUT2D eigenvalue weighted by atomic mass is 16.1. The van der Waals surface area contributed by atoms with Crippen LogP contribution in [0.1, 0.15) is 23.2 Å². The summed E-state index contributed by atoms with van der Waals surface area (Å²) >= 11 is 0. The molecule has 1 aliphatic heterocycles. The average molecular weight is 296 g/mol.